The Bertz CT molecular complexity index is 1100. The van der Waals surface area contributed by atoms with Crippen LogP contribution in [-0.4, -0.2) is 20.9 Å². The fourth-order valence-corrected chi connectivity index (χ4v) is 2.86. The first-order valence-electron chi connectivity index (χ1n) is 9.06. The molecule has 2 heterocycles. The van der Waals surface area contributed by atoms with E-state index in [1.54, 1.807) is 6.20 Å². The molecule has 0 bridgehead atoms. The highest BCUT2D eigenvalue weighted by molar-refractivity contribution is 6.08. The van der Waals surface area contributed by atoms with E-state index in [9.17, 15) is 4.79 Å². The van der Waals surface area contributed by atoms with Crippen LogP contribution in [0.4, 0.5) is 17.3 Å². The van der Waals surface area contributed by atoms with Gasteiger partial charge in [-0.2, -0.15) is 0 Å². The molecule has 2 aromatic heterocycles. The number of amides is 1. The number of fused-ring (bicyclic) bond motifs is 1. The van der Waals surface area contributed by atoms with Crippen LogP contribution in [0.2, 0.25) is 0 Å². The molecule has 0 atom stereocenters. The van der Waals surface area contributed by atoms with Crippen LogP contribution in [0.1, 0.15) is 22.8 Å². The molecule has 1 amide bonds. The Morgan fingerprint density at radius 3 is 2.43 bits per heavy atom. The van der Waals surface area contributed by atoms with Gasteiger partial charge in [-0.05, 0) is 36.2 Å². The fourth-order valence-electron chi connectivity index (χ4n) is 2.86. The topological polar surface area (TPSA) is 79.8 Å². The number of aromatic nitrogens is 3. The monoisotopic (exact) mass is 369 g/mol. The van der Waals surface area contributed by atoms with Gasteiger partial charge in [-0.1, -0.05) is 37.3 Å². The number of rotatable bonds is 5. The molecule has 0 saturated heterocycles. The summed E-state index contributed by atoms with van der Waals surface area (Å²) in [6, 6.07) is 17.6. The predicted octanol–water partition coefficient (Wildman–Crippen LogP) is 4.58. The zero-order chi connectivity index (χ0) is 19.3. The molecule has 0 unspecified atom stereocenters. The van der Waals surface area contributed by atoms with Crippen LogP contribution in [0.15, 0.2) is 73.2 Å². The molecule has 6 heteroatoms. The van der Waals surface area contributed by atoms with Gasteiger partial charge in [0.25, 0.3) is 5.91 Å². The number of aryl methyl sites for hydroxylation is 1. The van der Waals surface area contributed by atoms with Crippen LogP contribution in [0.3, 0.4) is 0 Å². The first-order valence-corrected chi connectivity index (χ1v) is 9.06. The highest BCUT2D eigenvalue weighted by Gasteiger charge is 2.10. The molecule has 2 aromatic carbocycles. The average Bonchev–Trinajstić information content (AvgIpc) is 2.75. The van der Waals surface area contributed by atoms with E-state index in [2.05, 4.69) is 44.6 Å². The van der Waals surface area contributed by atoms with Gasteiger partial charge in [0.2, 0.25) is 5.95 Å². The first-order chi connectivity index (χ1) is 13.7. The van der Waals surface area contributed by atoms with Crippen molar-refractivity contribution in [3.8, 4) is 0 Å². The van der Waals surface area contributed by atoms with Gasteiger partial charge in [0.05, 0.1) is 16.8 Å². The summed E-state index contributed by atoms with van der Waals surface area (Å²) in [5, 5.41) is 6.98. The van der Waals surface area contributed by atoms with Crippen LogP contribution in [0.5, 0.6) is 0 Å². The van der Waals surface area contributed by atoms with E-state index in [1.165, 1.54) is 18.0 Å². The van der Waals surface area contributed by atoms with Crippen LogP contribution in [0.25, 0.3) is 10.9 Å². The van der Waals surface area contributed by atoms with Crippen molar-refractivity contribution >= 4 is 34.1 Å². The van der Waals surface area contributed by atoms with Gasteiger partial charge in [0.1, 0.15) is 0 Å². The number of benzene rings is 2. The lowest BCUT2D eigenvalue weighted by molar-refractivity contribution is 0.102. The second-order valence-corrected chi connectivity index (χ2v) is 6.31. The van der Waals surface area contributed by atoms with Crippen molar-refractivity contribution in [1.82, 2.24) is 15.0 Å². The number of carbonyl (C=O) groups excluding carboxylic acids is 1. The molecule has 0 radical (unpaired) electrons. The van der Waals surface area contributed by atoms with E-state index in [-0.39, 0.29) is 5.91 Å². The van der Waals surface area contributed by atoms with Crippen LogP contribution in [0, 0.1) is 0 Å². The lowest BCUT2D eigenvalue weighted by Crippen LogP contribution is -2.13. The number of pyridine rings is 1. The number of para-hydroxylation sites is 1. The summed E-state index contributed by atoms with van der Waals surface area (Å²) in [6.07, 6.45) is 5.70. The Morgan fingerprint density at radius 2 is 1.68 bits per heavy atom. The second kappa shape index (κ2) is 7.84. The maximum Gasteiger partial charge on any atom is 0.258 e. The van der Waals surface area contributed by atoms with Crippen molar-refractivity contribution in [1.29, 1.82) is 0 Å². The van der Waals surface area contributed by atoms with E-state index in [0.717, 1.165) is 23.0 Å². The van der Waals surface area contributed by atoms with E-state index < -0.39 is 0 Å². The Kier molecular flexibility index (Phi) is 4.93. The molecule has 4 aromatic rings. The summed E-state index contributed by atoms with van der Waals surface area (Å²) < 4.78 is 0. The third-order valence-electron chi connectivity index (χ3n) is 4.41. The molecular weight excluding hydrogens is 350 g/mol. The Morgan fingerprint density at radius 1 is 0.929 bits per heavy atom. The van der Waals surface area contributed by atoms with Crippen molar-refractivity contribution in [2.75, 3.05) is 10.6 Å². The molecule has 0 fully saturated rings. The normalized spacial score (nSPS) is 10.6. The van der Waals surface area contributed by atoms with Crippen LogP contribution in [-0.2, 0) is 6.42 Å². The molecule has 138 valence electrons. The van der Waals surface area contributed by atoms with Gasteiger partial charge in [-0.25, -0.2) is 9.97 Å². The van der Waals surface area contributed by atoms with E-state index in [0.29, 0.717) is 17.2 Å². The summed E-state index contributed by atoms with van der Waals surface area (Å²) in [4.78, 5) is 25.4. The standard InChI is InChI=1S/C22H19N5O/c1-2-15-8-10-18(11-9-15)26-22-24-13-17(14-25-22)21(28)27-19-7-3-5-16-6-4-12-23-20(16)19/h3-14H,2H2,1H3,(H,27,28)(H,24,25,26). The van der Waals surface area contributed by atoms with Gasteiger partial charge in [0.15, 0.2) is 0 Å². The van der Waals surface area contributed by atoms with Crippen molar-refractivity contribution in [3.63, 3.8) is 0 Å². The molecule has 0 spiro atoms. The van der Waals surface area contributed by atoms with Crippen molar-refractivity contribution in [3.05, 3.63) is 84.3 Å². The summed E-state index contributed by atoms with van der Waals surface area (Å²) in [7, 11) is 0. The molecule has 0 saturated carbocycles. The van der Waals surface area contributed by atoms with Gasteiger partial charge >= 0.3 is 0 Å². The van der Waals surface area contributed by atoms with Crippen LogP contribution < -0.4 is 10.6 Å². The average molecular weight is 369 g/mol. The maximum absolute atomic E-state index is 12.6. The number of nitrogens with one attached hydrogen (secondary N) is 2. The number of hydrogen-bond acceptors (Lipinski definition) is 5. The Hall–Kier alpha value is -3.80. The zero-order valence-electron chi connectivity index (χ0n) is 15.4. The molecule has 4 rings (SSSR count). The zero-order valence-corrected chi connectivity index (χ0v) is 15.4. The second-order valence-electron chi connectivity index (χ2n) is 6.31. The van der Waals surface area contributed by atoms with Crippen LogP contribution >= 0.6 is 0 Å². The molecular formula is C22H19N5O. The number of carbonyl (C=O) groups is 1. The van der Waals surface area contributed by atoms with E-state index in [4.69, 9.17) is 0 Å². The van der Waals surface area contributed by atoms with E-state index in [1.807, 2.05) is 42.5 Å². The Labute approximate surface area is 162 Å². The minimum Gasteiger partial charge on any atom is -0.324 e. The first kappa shape index (κ1) is 17.6. The van der Waals surface area contributed by atoms with Gasteiger partial charge in [0, 0.05) is 29.7 Å². The SMILES string of the molecule is CCc1ccc(Nc2ncc(C(=O)Nc3cccc4cccnc34)cn2)cc1. The lowest BCUT2D eigenvalue weighted by atomic mass is 10.1. The number of anilines is 3. The minimum atomic E-state index is -0.281. The summed E-state index contributed by atoms with van der Waals surface area (Å²) in [5.41, 5.74) is 3.94. The van der Waals surface area contributed by atoms with E-state index >= 15 is 0 Å². The summed E-state index contributed by atoms with van der Waals surface area (Å²) in [6.45, 7) is 2.11. The quantitative estimate of drug-likeness (QED) is 0.538. The molecule has 0 aliphatic heterocycles. The molecule has 0 aliphatic rings. The molecule has 28 heavy (non-hydrogen) atoms. The van der Waals surface area contributed by atoms with Crippen molar-refractivity contribution in [2.24, 2.45) is 0 Å². The summed E-state index contributed by atoms with van der Waals surface area (Å²) >= 11 is 0. The lowest BCUT2D eigenvalue weighted by Gasteiger charge is -2.09. The number of nitrogens with zero attached hydrogens (tertiary/aromatic N) is 3. The van der Waals surface area contributed by atoms with Crippen molar-refractivity contribution in [2.45, 2.75) is 13.3 Å². The smallest absolute Gasteiger partial charge is 0.258 e. The van der Waals surface area contributed by atoms with Gasteiger partial charge in [-0.3, -0.25) is 9.78 Å². The fraction of sp³-hybridized carbons (Fsp3) is 0.0909. The predicted molar refractivity (Wildman–Crippen MR) is 111 cm³/mol. The third-order valence-corrected chi connectivity index (χ3v) is 4.41. The third kappa shape index (κ3) is 3.81. The van der Waals surface area contributed by atoms with Gasteiger partial charge in [-0.15, -0.1) is 0 Å². The molecule has 6 nitrogen and oxygen atoms in total. The molecule has 2 N–H and O–H groups in total. The Balaban J connectivity index is 1.47. The van der Waals surface area contributed by atoms with Crippen molar-refractivity contribution < 1.29 is 4.79 Å². The minimum absolute atomic E-state index is 0.281. The largest absolute Gasteiger partial charge is 0.324 e. The molecule has 0 aliphatic carbocycles. The highest BCUT2D eigenvalue weighted by Crippen LogP contribution is 2.21. The van der Waals surface area contributed by atoms with Gasteiger partial charge < -0.3 is 10.6 Å². The number of hydrogen-bond donors (Lipinski definition) is 2. The highest BCUT2D eigenvalue weighted by atomic mass is 16.1. The maximum atomic E-state index is 12.6. The summed E-state index contributed by atoms with van der Waals surface area (Å²) in [5.74, 6) is 0.157.